The first-order chi connectivity index (χ1) is 16.1. The lowest BCUT2D eigenvalue weighted by Gasteiger charge is -2.29. The van der Waals surface area contributed by atoms with E-state index >= 15 is 0 Å². The Balaban J connectivity index is 1.12. The number of benzene rings is 1. The topological polar surface area (TPSA) is 87.7 Å². The van der Waals surface area contributed by atoms with Crippen molar-refractivity contribution < 1.29 is 19.1 Å². The molecule has 7 nitrogen and oxygen atoms in total. The van der Waals surface area contributed by atoms with Gasteiger partial charge in [-0.05, 0) is 74.9 Å². The number of hydrogen-bond donors (Lipinski definition) is 2. The van der Waals surface area contributed by atoms with Crippen LogP contribution in [0.15, 0.2) is 18.2 Å². The van der Waals surface area contributed by atoms with Crippen molar-refractivity contribution in [3.8, 4) is 5.75 Å². The lowest BCUT2D eigenvalue weighted by molar-refractivity contribution is -0.136. The van der Waals surface area contributed by atoms with Crippen LogP contribution in [0.5, 0.6) is 5.75 Å². The summed E-state index contributed by atoms with van der Waals surface area (Å²) >= 11 is 0. The van der Waals surface area contributed by atoms with Gasteiger partial charge < -0.3 is 15.0 Å². The first-order valence-electron chi connectivity index (χ1n) is 12.7. The van der Waals surface area contributed by atoms with Crippen molar-refractivity contribution in [3.63, 3.8) is 0 Å². The van der Waals surface area contributed by atoms with Gasteiger partial charge in [0.25, 0.3) is 5.91 Å². The lowest BCUT2D eigenvalue weighted by Crippen LogP contribution is -2.52. The second-order valence-electron chi connectivity index (χ2n) is 9.69. The molecule has 0 aromatic heterocycles. The van der Waals surface area contributed by atoms with Crippen LogP contribution in [0.4, 0.5) is 0 Å². The van der Waals surface area contributed by atoms with Crippen molar-refractivity contribution in [2.45, 2.75) is 83.2 Å². The minimum atomic E-state index is -0.580. The van der Waals surface area contributed by atoms with E-state index in [1.165, 1.54) is 51.5 Å². The number of carbonyl (C=O) groups excluding carboxylic acids is 3. The standard InChI is InChI=1S/C26H37N3O4/c30-24-13-12-23(25(31)28-24)29-18-20-16-21(10-11-22(20)26(29)32)33-15-7-2-1-6-14-27-17-19-8-4-3-5-9-19/h10-11,16,19,23,27H,1-9,12-15,17-18H2,(H,28,30,31). The van der Waals surface area contributed by atoms with Crippen molar-refractivity contribution in [1.82, 2.24) is 15.5 Å². The molecule has 2 fully saturated rings. The number of hydrogen-bond acceptors (Lipinski definition) is 5. The molecule has 1 atom stereocenters. The van der Waals surface area contributed by atoms with Gasteiger partial charge in [0.15, 0.2) is 0 Å². The molecule has 1 saturated heterocycles. The zero-order chi connectivity index (χ0) is 23.0. The molecular weight excluding hydrogens is 418 g/mol. The second kappa shape index (κ2) is 11.6. The predicted octanol–water partition coefficient (Wildman–Crippen LogP) is 3.56. The van der Waals surface area contributed by atoms with Crippen LogP contribution in [-0.2, 0) is 16.1 Å². The third-order valence-electron chi connectivity index (χ3n) is 7.17. The first-order valence-corrected chi connectivity index (χ1v) is 12.7. The smallest absolute Gasteiger partial charge is 0.255 e. The van der Waals surface area contributed by atoms with Crippen molar-refractivity contribution >= 4 is 17.7 Å². The maximum atomic E-state index is 12.7. The highest BCUT2D eigenvalue weighted by atomic mass is 16.5. The molecule has 1 aromatic rings. The highest BCUT2D eigenvalue weighted by molar-refractivity contribution is 6.05. The summed E-state index contributed by atoms with van der Waals surface area (Å²) in [4.78, 5) is 37.9. The van der Waals surface area contributed by atoms with Crippen LogP contribution < -0.4 is 15.4 Å². The monoisotopic (exact) mass is 455 g/mol. The van der Waals surface area contributed by atoms with Gasteiger partial charge in [0.05, 0.1) is 6.61 Å². The summed E-state index contributed by atoms with van der Waals surface area (Å²) in [6, 6.07) is 4.95. The molecule has 1 aliphatic carbocycles. The number of unbranched alkanes of at least 4 members (excludes halogenated alkanes) is 3. The molecule has 2 N–H and O–H groups in total. The van der Waals surface area contributed by atoms with Gasteiger partial charge in [0, 0.05) is 18.5 Å². The van der Waals surface area contributed by atoms with E-state index < -0.39 is 6.04 Å². The number of imide groups is 1. The summed E-state index contributed by atoms with van der Waals surface area (Å²) in [7, 11) is 0. The van der Waals surface area contributed by atoms with Crippen molar-refractivity contribution in [2.75, 3.05) is 19.7 Å². The largest absolute Gasteiger partial charge is 0.494 e. The normalized spacial score (nSPS) is 21.3. The summed E-state index contributed by atoms with van der Waals surface area (Å²) in [5.41, 5.74) is 1.50. The number of amides is 3. The van der Waals surface area contributed by atoms with Crippen molar-refractivity contribution in [3.05, 3.63) is 29.3 Å². The lowest BCUT2D eigenvalue weighted by atomic mass is 9.89. The molecule has 33 heavy (non-hydrogen) atoms. The quantitative estimate of drug-likeness (QED) is 0.394. The third-order valence-corrected chi connectivity index (χ3v) is 7.17. The fraction of sp³-hybridized carbons (Fsp3) is 0.654. The zero-order valence-corrected chi connectivity index (χ0v) is 19.6. The Morgan fingerprint density at radius 1 is 1.00 bits per heavy atom. The van der Waals surface area contributed by atoms with Crippen LogP contribution in [0.25, 0.3) is 0 Å². The minimum Gasteiger partial charge on any atom is -0.494 e. The summed E-state index contributed by atoms with van der Waals surface area (Å²) in [5, 5.41) is 5.96. The summed E-state index contributed by atoms with van der Waals surface area (Å²) < 4.78 is 5.92. The number of fused-ring (bicyclic) bond motifs is 1. The predicted molar refractivity (Wildman–Crippen MR) is 126 cm³/mol. The molecule has 0 radical (unpaired) electrons. The minimum absolute atomic E-state index is 0.150. The Morgan fingerprint density at radius 2 is 1.82 bits per heavy atom. The number of nitrogens with one attached hydrogen (secondary N) is 2. The molecule has 1 saturated carbocycles. The Bertz CT molecular complexity index is 850. The molecule has 3 aliphatic rings. The summed E-state index contributed by atoms with van der Waals surface area (Å²) in [5.74, 6) is 0.856. The van der Waals surface area contributed by atoms with E-state index in [9.17, 15) is 14.4 Å². The van der Waals surface area contributed by atoms with Crippen LogP contribution in [0.2, 0.25) is 0 Å². The average molecular weight is 456 g/mol. The van der Waals surface area contributed by atoms with Crippen LogP contribution >= 0.6 is 0 Å². The fourth-order valence-corrected chi connectivity index (χ4v) is 5.23. The molecule has 1 aromatic carbocycles. The Morgan fingerprint density at radius 3 is 2.64 bits per heavy atom. The fourth-order valence-electron chi connectivity index (χ4n) is 5.23. The summed E-state index contributed by atoms with van der Waals surface area (Å²) in [6.07, 6.45) is 12.3. The number of piperidine rings is 1. The molecule has 4 rings (SSSR count). The zero-order valence-electron chi connectivity index (χ0n) is 19.6. The van der Waals surface area contributed by atoms with Crippen molar-refractivity contribution in [2.24, 2.45) is 5.92 Å². The van der Waals surface area contributed by atoms with Gasteiger partial charge in [-0.25, -0.2) is 0 Å². The molecule has 1 unspecified atom stereocenters. The van der Waals surface area contributed by atoms with Gasteiger partial charge in [-0.15, -0.1) is 0 Å². The van der Waals surface area contributed by atoms with Crippen LogP contribution in [0.1, 0.15) is 86.6 Å². The number of nitrogens with zero attached hydrogens (tertiary/aromatic N) is 1. The molecular formula is C26H37N3O4. The van der Waals surface area contributed by atoms with Gasteiger partial charge >= 0.3 is 0 Å². The van der Waals surface area contributed by atoms with Crippen LogP contribution in [-0.4, -0.2) is 48.4 Å². The maximum Gasteiger partial charge on any atom is 0.255 e. The average Bonchev–Trinajstić information content (AvgIpc) is 3.14. The second-order valence-corrected chi connectivity index (χ2v) is 9.69. The highest BCUT2D eigenvalue weighted by Crippen LogP contribution is 2.30. The Hall–Kier alpha value is -2.41. The van der Waals surface area contributed by atoms with E-state index in [0.717, 1.165) is 36.6 Å². The van der Waals surface area contributed by atoms with Gasteiger partial charge in [-0.3, -0.25) is 19.7 Å². The van der Waals surface area contributed by atoms with Crippen LogP contribution in [0.3, 0.4) is 0 Å². The van der Waals surface area contributed by atoms with Gasteiger partial charge in [-0.2, -0.15) is 0 Å². The molecule has 0 bridgehead atoms. The first kappa shape index (κ1) is 23.7. The molecule has 180 valence electrons. The number of carbonyl (C=O) groups is 3. The van der Waals surface area contributed by atoms with Gasteiger partial charge in [0.2, 0.25) is 11.8 Å². The van der Waals surface area contributed by atoms with Crippen molar-refractivity contribution in [1.29, 1.82) is 0 Å². The maximum absolute atomic E-state index is 12.7. The van der Waals surface area contributed by atoms with Gasteiger partial charge in [0.1, 0.15) is 11.8 Å². The molecule has 3 amide bonds. The highest BCUT2D eigenvalue weighted by Gasteiger charge is 2.39. The number of ether oxygens (including phenoxy) is 1. The summed E-state index contributed by atoms with van der Waals surface area (Å²) in [6.45, 7) is 3.34. The van der Waals surface area contributed by atoms with E-state index in [2.05, 4.69) is 10.6 Å². The van der Waals surface area contributed by atoms with E-state index in [-0.39, 0.29) is 24.1 Å². The van der Waals surface area contributed by atoms with Gasteiger partial charge in [-0.1, -0.05) is 32.1 Å². The van der Waals surface area contributed by atoms with E-state index in [4.69, 9.17) is 4.74 Å². The van der Waals surface area contributed by atoms with E-state index in [1.54, 1.807) is 11.0 Å². The molecule has 7 heteroatoms. The number of rotatable bonds is 11. The molecule has 2 aliphatic heterocycles. The Labute approximate surface area is 196 Å². The Kier molecular flexibility index (Phi) is 8.37. The van der Waals surface area contributed by atoms with E-state index in [1.807, 2.05) is 12.1 Å². The SMILES string of the molecule is O=C1CCC(N2Cc3cc(OCCCCCCNCC4CCCCC4)ccc3C2=O)C(=O)N1. The van der Waals surface area contributed by atoms with Crippen LogP contribution in [0, 0.1) is 5.92 Å². The molecule has 0 spiro atoms. The third kappa shape index (κ3) is 6.34. The molecule has 2 heterocycles. The van der Waals surface area contributed by atoms with E-state index in [0.29, 0.717) is 25.1 Å².